The Hall–Kier alpha value is -4.79. The van der Waals surface area contributed by atoms with Crippen LogP contribution < -0.4 is 9.47 Å². The second kappa shape index (κ2) is 10.8. The number of aryl methyl sites for hydroxylation is 1. The molecular weight excluding hydrogens is 536 g/mol. The number of ether oxygens (including phenoxy) is 2. The Morgan fingerprint density at radius 1 is 0.721 bits per heavy atom. The Morgan fingerprint density at radius 2 is 1.44 bits per heavy atom. The van der Waals surface area contributed by atoms with E-state index in [4.69, 9.17) is 14.5 Å². The summed E-state index contributed by atoms with van der Waals surface area (Å²) < 4.78 is 12.9. The molecule has 0 bridgehead atoms. The van der Waals surface area contributed by atoms with Gasteiger partial charge in [-0.3, -0.25) is 9.80 Å². The van der Waals surface area contributed by atoms with Gasteiger partial charge in [-0.05, 0) is 41.8 Å². The zero-order valence-electron chi connectivity index (χ0n) is 24.1. The summed E-state index contributed by atoms with van der Waals surface area (Å²) in [6.07, 6.45) is 1.90. The van der Waals surface area contributed by atoms with Crippen molar-refractivity contribution in [2.24, 2.45) is 0 Å². The smallest absolute Gasteiger partial charge is 0.231 e. The summed E-state index contributed by atoms with van der Waals surface area (Å²) in [5.74, 6) is 1.70. The zero-order valence-corrected chi connectivity index (χ0v) is 24.1. The fourth-order valence-electron chi connectivity index (χ4n) is 6.14. The van der Waals surface area contributed by atoms with E-state index in [1.165, 1.54) is 11.1 Å². The van der Waals surface area contributed by atoms with Crippen LogP contribution in [0.1, 0.15) is 16.8 Å². The molecule has 0 unspecified atom stereocenters. The van der Waals surface area contributed by atoms with E-state index in [-0.39, 0.29) is 0 Å². The highest BCUT2D eigenvalue weighted by atomic mass is 16.7. The molecule has 0 aliphatic carbocycles. The van der Waals surface area contributed by atoms with Gasteiger partial charge in [-0.25, -0.2) is 9.97 Å². The fraction of sp³-hybridized carbons (Fsp3) is 0.229. The molecule has 8 nitrogen and oxygen atoms in total. The van der Waals surface area contributed by atoms with Crippen LogP contribution in [0, 0.1) is 6.92 Å². The molecule has 0 N–H and O–H groups in total. The molecule has 43 heavy (non-hydrogen) atoms. The predicted octanol–water partition coefficient (Wildman–Crippen LogP) is 5.97. The highest BCUT2D eigenvalue weighted by molar-refractivity contribution is 5.90. The highest BCUT2D eigenvalue weighted by Gasteiger charge is 2.20. The summed E-state index contributed by atoms with van der Waals surface area (Å²) >= 11 is 0. The number of hydrogen-bond donors (Lipinski definition) is 0. The first-order valence-electron chi connectivity index (χ1n) is 14.8. The number of benzene rings is 3. The molecule has 2 aliphatic rings. The molecule has 0 amide bonds. The zero-order chi connectivity index (χ0) is 28.8. The quantitative estimate of drug-likeness (QED) is 0.245. The third kappa shape index (κ3) is 5.09. The fourth-order valence-corrected chi connectivity index (χ4v) is 6.14. The summed E-state index contributed by atoms with van der Waals surface area (Å²) in [5, 5.41) is 5.64. The number of fused-ring (bicyclic) bond motifs is 4. The number of aromatic nitrogens is 4. The van der Waals surface area contributed by atoms with Crippen LogP contribution >= 0.6 is 0 Å². The van der Waals surface area contributed by atoms with E-state index in [2.05, 4.69) is 86.6 Å². The van der Waals surface area contributed by atoms with Gasteiger partial charge in [0.05, 0.1) is 11.4 Å². The molecule has 0 radical (unpaired) electrons. The maximum atomic E-state index is 5.55. The predicted molar refractivity (Wildman–Crippen MR) is 167 cm³/mol. The Bertz CT molecular complexity index is 1930. The summed E-state index contributed by atoms with van der Waals surface area (Å²) in [4.78, 5) is 14.9. The molecule has 0 saturated carbocycles. The summed E-state index contributed by atoms with van der Waals surface area (Å²) in [5.41, 5.74) is 9.38. The van der Waals surface area contributed by atoms with Crippen molar-refractivity contribution in [2.45, 2.75) is 20.0 Å². The van der Waals surface area contributed by atoms with Gasteiger partial charge in [-0.15, -0.1) is 0 Å². The van der Waals surface area contributed by atoms with Crippen LogP contribution in [0.25, 0.3) is 39.1 Å². The van der Waals surface area contributed by atoms with Crippen molar-refractivity contribution in [3.63, 3.8) is 0 Å². The van der Waals surface area contributed by atoms with Gasteiger partial charge in [0.2, 0.25) is 6.79 Å². The molecule has 0 spiro atoms. The van der Waals surface area contributed by atoms with Crippen molar-refractivity contribution in [2.75, 3.05) is 33.0 Å². The lowest BCUT2D eigenvalue weighted by molar-refractivity contribution is 0.122. The largest absolute Gasteiger partial charge is 0.454 e. The highest BCUT2D eigenvalue weighted by Crippen LogP contribution is 2.34. The van der Waals surface area contributed by atoms with Crippen molar-refractivity contribution in [1.82, 2.24) is 29.4 Å². The monoisotopic (exact) mass is 568 g/mol. The topological polar surface area (TPSA) is 68.0 Å². The minimum Gasteiger partial charge on any atom is -0.454 e. The first-order valence-corrected chi connectivity index (χ1v) is 14.8. The third-order valence-corrected chi connectivity index (χ3v) is 8.41. The van der Waals surface area contributed by atoms with Gasteiger partial charge in [-0.1, -0.05) is 60.7 Å². The van der Waals surface area contributed by atoms with Crippen LogP contribution in [-0.2, 0) is 13.1 Å². The van der Waals surface area contributed by atoms with Crippen molar-refractivity contribution in [3.8, 4) is 33.9 Å². The minimum absolute atomic E-state index is 0.317. The van der Waals surface area contributed by atoms with Crippen LogP contribution in [0.5, 0.6) is 11.5 Å². The lowest BCUT2D eigenvalue weighted by atomic mass is 9.97. The average Bonchev–Trinajstić information content (AvgIpc) is 3.68. The van der Waals surface area contributed by atoms with E-state index < -0.39 is 0 Å². The number of pyridine rings is 1. The maximum Gasteiger partial charge on any atom is 0.231 e. The van der Waals surface area contributed by atoms with E-state index in [1.807, 2.05) is 35.8 Å². The molecule has 2 aliphatic heterocycles. The van der Waals surface area contributed by atoms with Crippen LogP contribution in [0.4, 0.5) is 0 Å². The second-order valence-electron chi connectivity index (χ2n) is 11.4. The number of hydrogen-bond acceptors (Lipinski definition) is 7. The van der Waals surface area contributed by atoms with E-state index in [0.29, 0.717) is 6.79 Å². The lowest BCUT2D eigenvalue weighted by Crippen LogP contribution is -2.45. The molecular formula is C35H32N6O2. The second-order valence-corrected chi connectivity index (χ2v) is 11.4. The Morgan fingerprint density at radius 3 is 2.23 bits per heavy atom. The lowest BCUT2D eigenvalue weighted by Gasteiger charge is -2.34. The SMILES string of the molecule is Cc1cc2ncc3cc(-c4ccccc4)c(-c4ccc(CN5CCN(Cc6ccc7c(c6)OCO7)CC5)cc4)nc3n2n1. The molecule has 1 fully saturated rings. The number of piperazine rings is 1. The van der Waals surface area contributed by atoms with Crippen LogP contribution in [0.2, 0.25) is 0 Å². The van der Waals surface area contributed by atoms with Crippen LogP contribution in [0.15, 0.2) is 91.1 Å². The van der Waals surface area contributed by atoms with E-state index in [1.54, 1.807) is 0 Å². The van der Waals surface area contributed by atoms with Crippen LogP contribution in [-0.4, -0.2) is 62.4 Å². The maximum absolute atomic E-state index is 5.55. The molecule has 6 aromatic rings. The molecule has 8 heteroatoms. The van der Waals surface area contributed by atoms with Gasteiger partial charge in [0.1, 0.15) is 0 Å². The third-order valence-electron chi connectivity index (χ3n) is 8.41. The Kier molecular flexibility index (Phi) is 6.50. The molecule has 0 atom stereocenters. The first-order chi connectivity index (χ1) is 21.2. The van der Waals surface area contributed by atoms with Crippen molar-refractivity contribution < 1.29 is 9.47 Å². The molecule has 5 heterocycles. The molecule has 214 valence electrons. The van der Waals surface area contributed by atoms with Crippen LogP contribution in [0.3, 0.4) is 0 Å². The summed E-state index contributed by atoms with van der Waals surface area (Å²) in [7, 11) is 0. The Balaban J connectivity index is 1.01. The summed E-state index contributed by atoms with van der Waals surface area (Å²) in [6.45, 7) is 8.35. The number of rotatable bonds is 6. The van der Waals surface area contributed by atoms with Gasteiger partial charge in [0.15, 0.2) is 22.8 Å². The molecule has 8 rings (SSSR count). The summed E-state index contributed by atoms with van der Waals surface area (Å²) in [6, 6.07) is 29.8. The normalized spacial score (nSPS) is 15.5. The molecule has 1 saturated heterocycles. The first kappa shape index (κ1) is 25.9. The van der Waals surface area contributed by atoms with Crippen molar-refractivity contribution >= 4 is 16.7 Å². The van der Waals surface area contributed by atoms with Gasteiger partial charge >= 0.3 is 0 Å². The minimum atomic E-state index is 0.317. The van der Waals surface area contributed by atoms with Gasteiger partial charge < -0.3 is 9.47 Å². The van der Waals surface area contributed by atoms with E-state index in [9.17, 15) is 0 Å². The van der Waals surface area contributed by atoms with Gasteiger partial charge in [0, 0.05) is 68.0 Å². The Labute approximate surface area is 250 Å². The van der Waals surface area contributed by atoms with Crippen molar-refractivity contribution in [1.29, 1.82) is 0 Å². The average molecular weight is 569 g/mol. The van der Waals surface area contributed by atoms with E-state index >= 15 is 0 Å². The van der Waals surface area contributed by atoms with Crippen molar-refractivity contribution in [3.05, 3.63) is 108 Å². The molecule has 3 aromatic carbocycles. The standard InChI is InChI=1S/C35H32N6O2/c1-24-17-33-36-20-29-19-30(27-5-3-2-4-6-27)34(37-35(29)41(33)38-24)28-10-7-25(8-11-28)21-39-13-15-40(16-14-39)22-26-9-12-31-32(18-26)43-23-42-31/h2-12,17-20H,13-16,21-23H2,1H3. The number of nitrogens with zero attached hydrogens (tertiary/aromatic N) is 6. The van der Waals surface area contributed by atoms with Gasteiger partial charge in [0.25, 0.3) is 0 Å². The van der Waals surface area contributed by atoms with E-state index in [0.717, 1.165) is 95.5 Å². The molecule has 3 aromatic heterocycles. The van der Waals surface area contributed by atoms with Gasteiger partial charge in [-0.2, -0.15) is 9.61 Å².